The number of carbonyl (C=O) groups excluding carboxylic acids is 1. The van der Waals surface area contributed by atoms with Gasteiger partial charge < -0.3 is 20.1 Å². The van der Waals surface area contributed by atoms with Gasteiger partial charge in [-0.15, -0.1) is 0 Å². The van der Waals surface area contributed by atoms with Crippen LogP contribution in [0.15, 0.2) is 77.9 Å². The molecule has 2 aliphatic heterocycles. The molecule has 242 valence electrons. The van der Waals surface area contributed by atoms with Gasteiger partial charge in [-0.2, -0.15) is 13.2 Å². The number of morpholine rings is 1. The number of hydrogen-bond donors (Lipinski definition) is 2. The Hall–Kier alpha value is -3.71. The van der Waals surface area contributed by atoms with Gasteiger partial charge in [-0.25, -0.2) is 4.98 Å². The Bertz CT molecular complexity index is 1540. The number of halogens is 4. The van der Waals surface area contributed by atoms with Crippen molar-refractivity contribution >= 4 is 28.5 Å². The molecule has 2 N–H and O–H groups in total. The number of alkyl halides is 3. The summed E-state index contributed by atoms with van der Waals surface area (Å²) in [6, 6.07) is 21.1. The summed E-state index contributed by atoms with van der Waals surface area (Å²) in [5.41, 5.74) is 1.11. The third-order valence-corrected chi connectivity index (χ3v) is 7.86. The Morgan fingerprint density at radius 3 is 2.18 bits per heavy atom. The van der Waals surface area contributed by atoms with Crippen LogP contribution in [0.5, 0.6) is 0 Å². The first-order chi connectivity index (χ1) is 21.7. The largest absolute Gasteiger partial charge is 0.388 e. The molecule has 2 aromatic carbocycles. The van der Waals surface area contributed by atoms with Crippen LogP contribution in [0.1, 0.15) is 24.8 Å². The van der Waals surface area contributed by atoms with Gasteiger partial charge in [0.1, 0.15) is 11.5 Å². The Morgan fingerprint density at radius 1 is 1.02 bits per heavy atom. The Balaban J connectivity index is 0.000000396. The quantitative estimate of drug-likeness (QED) is 0.317. The molecule has 9 nitrogen and oxygen atoms in total. The highest BCUT2D eigenvalue weighted by Gasteiger charge is 2.34. The van der Waals surface area contributed by atoms with E-state index in [1.54, 1.807) is 15.5 Å². The molecule has 2 aromatic heterocycles. The number of amides is 1. The SMILES string of the molecule is C1COCCN1.FC(F)F.O=C(CCc1ccccc1)N1CCC(O)(Cn2cnc3c(cc(Cl)n3-c3ccccc3)c2=O)CC1. The fourth-order valence-electron chi connectivity index (χ4n) is 5.24. The smallest absolute Gasteiger partial charge is 0.379 e. The van der Waals surface area contributed by atoms with E-state index in [0.29, 0.717) is 55.0 Å². The van der Waals surface area contributed by atoms with Crippen molar-refractivity contribution < 1.29 is 27.8 Å². The lowest BCUT2D eigenvalue weighted by molar-refractivity contribution is -0.135. The zero-order chi connectivity index (χ0) is 32.2. The summed E-state index contributed by atoms with van der Waals surface area (Å²) >= 11 is 6.44. The summed E-state index contributed by atoms with van der Waals surface area (Å²) in [6.45, 7) is 1.21. The van der Waals surface area contributed by atoms with Gasteiger partial charge in [-0.1, -0.05) is 60.1 Å². The van der Waals surface area contributed by atoms with Crippen LogP contribution in [-0.4, -0.2) is 81.7 Å². The highest BCUT2D eigenvalue weighted by molar-refractivity contribution is 6.31. The zero-order valence-corrected chi connectivity index (χ0v) is 25.5. The fourth-order valence-corrected chi connectivity index (χ4v) is 5.53. The number of aliphatic hydroxyl groups is 1. The number of carbonyl (C=O) groups is 1. The van der Waals surface area contributed by atoms with Crippen LogP contribution >= 0.6 is 11.6 Å². The number of aryl methyl sites for hydroxylation is 1. The fraction of sp³-hybridized carbons (Fsp3) is 0.406. The molecule has 4 aromatic rings. The second-order valence-corrected chi connectivity index (χ2v) is 11.1. The lowest BCUT2D eigenvalue weighted by atomic mass is 9.91. The Labute approximate surface area is 264 Å². The summed E-state index contributed by atoms with van der Waals surface area (Å²) in [5, 5.41) is 15.2. The topological polar surface area (TPSA) is 102 Å². The third-order valence-electron chi connectivity index (χ3n) is 7.58. The molecule has 0 bridgehead atoms. The number of benzene rings is 2. The number of rotatable bonds is 6. The minimum absolute atomic E-state index is 0.0908. The molecule has 6 rings (SSSR count). The van der Waals surface area contributed by atoms with E-state index in [2.05, 4.69) is 10.3 Å². The molecule has 0 radical (unpaired) electrons. The van der Waals surface area contributed by atoms with E-state index in [0.717, 1.165) is 37.6 Å². The monoisotopic (exact) mass is 647 g/mol. The van der Waals surface area contributed by atoms with Gasteiger partial charge in [0.2, 0.25) is 5.91 Å². The van der Waals surface area contributed by atoms with Gasteiger partial charge in [0.25, 0.3) is 5.56 Å². The predicted molar refractivity (Wildman–Crippen MR) is 167 cm³/mol. The molecule has 2 fully saturated rings. The van der Waals surface area contributed by atoms with E-state index >= 15 is 0 Å². The van der Waals surface area contributed by atoms with E-state index < -0.39 is 12.3 Å². The lowest BCUT2D eigenvalue weighted by Gasteiger charge is -2.38. The average Bonchev–Trinajstić information content (AvgIpc) is 3.40. The van der Waals surface area contributed by atoms with Crippen LogP contribution < -0.4 is 10.9 Å². The van der Waals surface area contributed by atoms with Crippen molar-refractivity contribution in [2.24, 2.45) is 0 Å². The number of piperidine rings is 1. The molecular formula is C32H37ClF3N5O4. The summed E-state index contributed by atoms with van der Waals surface area (Å²) < 4.78 is 37.2. The number of fused-ring (bicyclic) bond motifs is 1. The van der Waals surface area contributed by atoms with E-state index in [1.807, 2.05) is 60.7 Å². The molecule has 45 heavy (non-hydrogen) atoms. The van der Waals surface area contributed by atoms with Gasteiger partial charge in [-0.05, 0) is 43.0 Å². The Morgan fingerprint density at radius 2 is 1.62 bits per heavy atom. The first-order valence-electron chi connectivity index (χ1n) is 14.7. The number of aromatic nitrogens is 3. The highest BCUT2D eigenvalue weighted by Crippen LogP contribution is 2.27. The second kappa shape index (κ2) is 16.6. The van der Waals surface area contributed by atoms with Crippen LogP contribution in [0.25, 0.3) is 16.7 Å². The number of para-hydroxylation sites is 1. The zero-order valence-electron chi connectivity index (χ0n) is 24.8. The molecule has 0 saturated carbocycles. The minimum atomic E-state index is -3.67. The first kappa shape index (κ1) is 34.2. The first-order valence-corrected chi connectivity index (χ1v) is 15.1. The number of nitrogens with one attached hydrogen (secondary N) is 1. The summed E-state index contributed by atoms with van der Waals surface area (Å²) in [4.78, 5) is 32.2. The minimum Gasteiger partial charge on any atom is -0.388 e. The number of ether oxygens (including phenoxy) is 1. The van der Waals surface area contributed by atoms with Crippen LogP contribution in [0.3, 0.4) is 0 Å². The van der Waals surface area contributed by atoms with Gasteiger partial charge >= 0.3 is 6.68 Å². The van der Waals surface area contributed by atoms with Gasteiger partial charge in [0, 0.05) is 38.3 Å². The summed E-state index contributed by atoms with van der Waals surface area (Å²) in [5.74, 6) is 0.0908. The maximum Gasteiger partial charge on any atom is 0.379 e. The van der Waals surface area contributed by atoms with Crippen LogP contribution in [0.4, 0.5) is 13.2 Å². The molecule has 0 aliphatic carbocycles. The van der Waals surface area contributed by atoms with Crippen LogP contribution in [0.2, 0.25) is 5.15 Å². The standard InChI is InChI=1S/C27H27ClN4O3.C4H9NO.CHF3/c28-23-17-22-25(32(23)21-9-5-2-6-10-21)29-19-31(26(22)34)18-27(35)13-15-30(16-14-27)24(33)12-11-20-7-3-1-4-8-20;1-3-6-4-2-5-1;2-1(3)4/h1-10,17,19,35H,11-16,18H2;5H,1-4H2;1H. The van der Waals surface area contributed by atoms with Gasteiger partial charge in [0.15, 0.2) is 5.65 Å². The van der Waals surface area contributed by atoms with Crippen molar-refractivity contribution in [2.45, 2.75) is 44.5 Å². The van der Waals surface area contributed by atoms with Gasteiger partial charge in [-0.3, -0.25) is 18.7 Å². The van der Waals surface area contributed by atoms with Crippen molar-refractivity contribution in [3.8, 4) is 5.69 Å². The van der Waals surface area contributed by atoms with Crippen molar-refractivity contribution in [1.82, 2.24) is 24.3 Å². The second-order valence-electron chi connectivity index (χ2n) is 10.8. The van der Waals surface area contributed by atoms with Crippen molar-refractivity contribution in [2.75, 3.05) is 39.4 Å². The number of nitrogens with zero attached hydrogens (tertiary/aromatic N) is 4. The van der Waals surface area contributed by atoms with E-state index in [4.69, 9.17) is 16.3 Å². The molecule has 0 spiro atoms. The van der Waals surface area contributed by atoms with Crippen LogP contribution in [0, 0.1) is 0 Å². The molecule has 2 aliphatic rings. The van der Waals surface area contributed by atoms with E-state index in [9.17, 15) is 27.9 Å². The van der Waals surface area contributed by atoms with Crippen molar-refractivity contribution in [3.05, 3.63) is 94.1 Å². The molecule has 1 amide bonds. The van der Waals surface area contributed by atoms with E-state index in [-0.39, 0.29) is 18.0 Å². The normalized spacial score (nSPS) is 16.0. The van der Waals surface area contributed by atoms with Gasteiger partial charge in [0.05, 0.1) is 30.7 Å². The molecule has 2 saturated heterocycles. The molecule has 0 unspecified atom stereocenters. The molecular weight excluding hydrogens is 611 g/mol. The third kappa shape index (κ3) is 9.89. The maximum absolute atomic E-state index is 13.2. The number of likely N-dealkylation sites (tertiary alicyclic amines) is 1. The van der Waals surface area contributed by atoms with Crippen molar-refractivity contribution in [1.29, 1.82) is 0 Å². The maximum atomic E-state index is 13.2. The summed E-state index contributed by atoms with van der Waals surface area (Å²) in [7, 11) is 0. The number of hydrogen-bond acceptors (Lipinski definition) is 6. The average molecular weight is 648 g/mol. The predicted octanol–water partition coefficient (Wildman–Crippen LogP) is 4.61. The van der Waals surface area contributed by atoms with Crippen LogP contribution in [-0.2, 0) is 22.5 Å². The molecule has 0 atom stereocenters. The Kier molecular flexibility index (Phi) is 12.6. The highest BCUT2D eigenvalue weighted by atomic mass is 35.5. The molecule has 13 heteroatoms. The molecule has 4 heterocycles. The lowest BCUT2D eigenvalue weighted by Crippen LogP contribution is -2.49. The van der Waals surface area contributed by atoms with Crippen molar-refractivity contribution in [3.63, 3.8) is 0 Å². The summed E-state index contributed by atoms with van der Waals surface area (Å²) in [6.07, 6.45) is 3.42. The van der Waals surface area contributed by atoms with E-state index in [1.165, 1.54) is 10.9 Å².